The van der Waals surface area contributed by atoms with Crippen LogP contribution in [0.25, 0.3) is 11.1 Å². The summed E-state index contributed by atoms with van der Waals surface area (Å²) >= 11 is 0. The van der Waals surface area contributed by atoms with Crippen LogP contribution in [0.1, 0.15) is 22.8 Å². The summed E-state index contributed by atoms with van der Waals surface area (Å²) < 4.78 is 5.20. The molecule has 0 aromatic heterocycles. The average Bonchev–Trinajstić information content (AvgIpc) is 2.38. The summed E-state index contributed by atoms with van der Waals surface area (Å²) in [6, 6.07) is 13.6. The van der Waals surface area contributed by atoms with Gasteiger partial charge in [-0.3, -0.25) is 4.79 Å². The second-order valence-corrected chi connectivity index (χ2v) is 4.28. The van der Waals surface area contributed by atoms with Gasteiger partial charge in [0.25, 0.3) is 0 Å². The molecule has 0 N–H and O–H groups in total. The molecule has 0 radical (unpaired) electrons. The van der Waals surface area contributed by atoms with Gasteiger partial charge in [-0.05, 0) is 42.7 Å². The molecule has 2 heteroatoms. The van der Waals surface area contributed by atoms with Crippen molar-refractivity contribution in [1.29, 1.82) is 0 Å². The second kappa shape index (κ2) is 5.05. The summed E-state index contributed by atoms with van der Waals surface area (Å²) in [5.41, 5.74) is 3.90. The van der Waals surface area contributed by atoms with E-state index in [1.54, 1.807) is 14.0 Å². The molecule has 0 bridgehead atoms. The highest BCUT2D eigenvalue weighted by Gasteiger charge is 2.10. The van der Waals surface area contributed by atoms with Crippen molar-refractivity contribution in [3.8, 4) is 16.9 Å². The molecule has 0 aliphatic carbocycles. The molecule has 0 unspecified atom stereocenters. The van der Waals surface area contributed by atoms with Gasteiger partial charge in [-0.15, -0.1) is 0 Å². The summed E-state index contributed by atoms with van der Waals surface area (Å²) in [5.74, 6) is 0.914. The molecule has 2 nitrogen and oxygen atoms in total. The fourth-order valence-corrected chi connectivity index (χ4v) is 2.09. The van der Waals surface area contributed by atoms with E-state index in [0.717, 1.165) is 28.0 Å². The Morgan fingerprint density at radius 2 is 1.78 bits per heavy atom. The van der Waals surface area contributed by atoms with Gasteiger partial charge in [-0.2, -0.15) is 0 Å². The molecule has 0 amide bonds. The van der Waals surface area contributed by atoms with Crippen LogP contribution in [0.2, 0.25) is 0 Å². The van der Waals surface area contributed by atoms with Crippen LogP contribution in [0, 0.1) is 6.92 Å². The number of Topliss-reactive ketones (excluding diaryl/α,β-unsaturated/α-hetero) is 1. The zero-order valence-corrected chi connectivity index (χ0v) is 10.9. The molecular formula is C16H16O2. The molecule has 0 saturated carbocycles. The Morgan fingerprint density at radius 1 is 1.06 bits per heavy atom. The van der Waals surface area contributed by atoms with Crippen LogP contribution >= 0.6 is 0 Å². The zero-order valence-electron chi connectivity index (χ0n) is 10.9. The van der Waals surface area contributed by atoms with E-state index in [4.69, 9.17) is 4.74 Å². The van der Waals surface area contributed by atoms with Gasteiger partial charge >= 0.3 is 0 Å². The van der Waals surface area contributed by atoms with E-state index in [2.05, 4.69) is 0 Å². The molecular weight excluding hydrogens is 224 g/mol. The predicted molar refractivity (Wildman–Crippen MR) is 73.2 cm³/mol. The Morgan fingerprint density at radius 3 is 2.39 bits per heavy atom. The zero-order chi connectivity index (χ0) is 13.1. The van der Waals surface area contributed by atoms with E-state index < -0.39 is 0 Å². The number of benzene rings is 2. The van der Waals surface area contributed by atoms with Crippen molar-refractivity contribution in [2.24, 2.45) is 0 Å². The number of hydrogen-bond donors (Lipinski definition) is 0. The summed E-state index contributed by atoms with van der Waals surface area (Å²) in [7, 11) is 1.65. The van der Waals surface area contributed by atoms with Crippen molar-refractivity contribution < 1.29 is 9.53 Å². The molecule has 0 aliphatic rings. The minimum Gasteiger partial charge on any atom is -0.497 e. The number of carbonyl (C=O) groups is 1. The van der Waals surface area contributed by atoms with E-state index in [1.807, 2.05) is 49.4 Å². The third-order valence-electron chi connectivity index (χ3n) is 3.03. The van der Waals surface area contributed by atoms with E-state index in [-0.39, 0.29) is 5.78 Å². The molecule has 0 atom stereocenters. The van der Waals surface area contributed by atoms with E-state index in [1.165, 1.54) is 0 Å². The van der Waals surface area contributed by atoms with Crippen LogP contribution in [-0.4, -0.2) is 12.9 Å². The largest absolute Gasteiger partial charge is 0.497 e. The molecule has 0 fully saturated rings. The SMILES string of the molecule is COc1ccc(-c2ccccc2C(C)=O)c(C)c1. The second-order valence-electron chi connectivity index (χ2n) is 4.28. The van der Waals surface area contributed by atoms with E-state index in [0.29, 0.717) is 0 Å². The number of ether oxygens (including phenoxy) is 1. The minimum absolute atomic E-state index is 0.0841. The average molecular weight is 240 g/mol. The van der Waals surface area contributed by atoms with Crippen LogP contribution in [0.3, 0.4) is 0 Å². The van der Waals surface area contributed by atoms with E-state index >= 15 is 0 Å². The quantitative estimate of drug-likeness (QED) is 0.761. The van der Waals surface area contributed by atoms with Gasteiger partial charge in [0.2, 0.25) is 0 Å². The summed E-state index contributed by atoms with van der Waals surface area (Å²) in [6.07, 6.45) is 0. The van der Waals surface area contributed by atoms with Crippen molar-refractivity contribution in [2.75, 3.05) is 7.11 Å². The third-order valence-corrected chi connectivity index (χ3v) is 3.03. The molecule has 2 rings (SSSR count). The summed E-state index contributed by atoms with van der Waals surface area (Å²) in [6.45, 7) is 3.62. The Hall–Kier alpha value is -2.09. The minimum atomic E-state index is 0.0841. The molecule has 2 aromatic rings. The lowest BCUT2D eigenvalue weighted by molar-refractivity contribution is 0.101. The highest BCUT2D eigenvalue weighted by Crippen LogP contribution is 2.29. The maximum Gasteiger partial charge on any atom is 0.160 e. The molecule has 2 aromatic carbocycles. The maximum atomic E-state index is 11.6. The number of aryl methyl sites for hydroxylation is 1. The van der Waals surface area contributed by atoms with Crippen LogP contribution in [-0.2, 0) is 0 Å². The van der Waals surface area contributed by atoms with Crippen LogP contribution in [0.15, 0.2) is 42.5 Å². The lowest BCUT2D eigenvalue weighted by atomic mass is 9.94. The number of hydrogen-bond acceptors (Lipinski definition) is 2. The van der Waals surface area contributed by atoms with Crippen molar-refractivity contribution in [3.05, 3.63) is 53.6 Å². The smallest absolute Gasteiger partial charge is 0.160 e. The van der Waals surface area contributed by atoms with Gasteiger partial charge in [0.05, 0.1) is 7.11 Å². The highest BCUT2D eigenvalue weighted by atomic mass is 16.5. The maximum absolute atomic E-state index is 11.6. The molecule has 0 spiro atoms. The van der Waals surface area contributed by atoms with Gasteiger partial charge in [-0.25, -0.2) is 0 Å². The molecule has 0 saturated heterocycles. The van der Waals surface area contributed by atoms with E-state index in [9.17, 15) is 4.79 Å². The first-order valence-corrected chi connectivity index (χ1v) is 5.88. The standard InChI is InChI=1S/C16H16O2/c1-11-10-13(18-3)8-9-14(11)16-7-5-4-6-15(16)12(2)17/h4-10H,1-3H3. The van der Waals surface area contributed by atoms with Gasteiger partial charge in [0, 0.05) is 5.56 Å². The van der Waals surface area contributed by atoms with Crippen molar-refractivity contribution in [1.82, 2.24) is 0 Å². The monoisotopic (exact) mass is 240 g/mol. The number of rotatable bonds is 3. The van der Waals surface area contributed by atoms with Crippen LogP contribution in [0.4, 0.5) is 0 Å². The van der Waals surface area contributed by atoms with Gasteiger partial charge in [0.15, 0.2) is 5.78 Å². The fraction of sp³-hybridized carbons (Fsp3) is 0.188. The Kier molecular flexibility index (Phi) is 3.47. The molecule has 18 heavy (non-hydrogen) atoms. The normalized spacial score (nSPS) is 10.2. The predicted octanol–water partition coefficient (Wildman–Crippen LogP) is 3.87. The van der Waals surface area contributed by atoms with Gasteiger partial charge in [0.1, 0.15) is 5.75 Å². The lowest BCUT2D eigenvalue weighted by Gasteiger charge is -2.11. The van der Waals surface area contributed by atoms with Crippen molar-refractivity contribution >= 4 is 5.78 Å². The number of ketones is 1. The van der Waals surface area contributed by atoms with Crippen LogP contribution in [0.5, 0.6) is 5.75 Å². The lowest BCUT2D eigenvalue weighted by Crippen LogP contribution is -1.97. The fourth-order valence-electron chi connectivity index (χ4n) is 2.09. The Balaban J connectivity index is 2.59. The number of carbonyl (C=O) groups excluding carboxylic acids is 1. The van der Waals surface area contributed by atoms with Gasteiger partial charge in [-0.1, -0.05) is 30.3 Å². The highest BCUT2D eigenvalue weighted by molar-refractivity contribution is 6.01. The topological polar surface area (TPSA) is 26.3 Å². The Labute approximate surface area is 107 Å². The van der Waals surface area contributed by atoms with Crippen molar-refractivity contribution in [3.63, 3.8) is 0 Å². The van der Waals surface area contributed by atoms with Crippen molar-refractivity contribution in [2.45, 2.75) is 13.8 Å². The first-order valence-electron chi connectivity index (χ1n) is 5.88. The summed E-state index contributed by atoms with van der Waals surface area (Å²) in [4.78, 5) is 11.6. The Bertz CT molecular complexity index is 585. The number of methoxy groups -OCH3 is 1. The van der Waals surface area contributed by atoms with Gasteiger partial charge < -0.3 is 4.74 Å². The first kappa shape index (κ1) is 12.4. The third kappa shape index (κ3) is 2.28. The van der Waals surface area contributed by atoms with Crippen LogP contribution < -0.4 is 4.74 Å². The molecule has 92 valence electrons. The summed E-state index contributed by atoms with van der Waals surface area (Å²) in [5, 5.41) is 0. The molecule has 0 aliphatic heterocycles. The molecule has 0 heterocycles. The first-order chi connectivity index (χ1) is 8.63.